The third-order valence-electron chi connectivity index (χ3n) is 3.73. The van der Waals surface area contributed by atoms with Crippen LogP contribution in [0.25, 0.3) is 0 Å². The molecule has 0 saturated carbocycles. The topological polar surface area (TPSA) is 98.3 Å². The Morgan fingerprint density at radius 1 is 1.20 bits per heavy atom. The van der Waals surface area contributed by atoms with E-state index in [0.29, 0.717) is 11.5 Å². The van der Waals surface area contributed by atoms with Gasteiger partial charge in [-0.15, -0.1) is 0 Å². The lowest BCUT2D eigenvalue weighted by atomic mass is 10.3. The summed E-state index contributed by atoms with van der Waals surface area (Å²) in [4.78, 5) is 24.1. The van der Waals surface area contributed by atoms with E-state index in [4.69, 9.17) is 9.47 Å². The standard InChI is InChI=1S/C17H20N4O4/c1-11(25-14-8-6-5-7-13(14)24-4)10-19-15-12(9-18)16(22)21(3)17(23)20(15)2/h5-8,11,19H,10H2,1-4H3. The van der Waals surface area contributed by atoms with E-state index in [2.05, 4.69) is 5.32 Å². The van der Waals surface area contributed by atoms with E-state index in [1.807, 2.05) is 25.1 Å². The number of hydrogen-bond acceptors (Lipinski definition) is 6. The van der Waals surface area contributed by atoms with Crippen LogP contribution in [0.2, 0.25) is 0 Å². The van der Waals surface area contributed by atoms with Crippen LogP contribution in [-0.4, -0.2) is 28.9 Å². The van der Waals surface area contributed by atoms with Crippen molar-refractivity contribution in [2.75, 3.05) is 19.0 Å². The molecular formula is C17H20N4O4. The number of aromatic nitrogens is 2. The van der Waals surface area contributed by atoms with Crippen LogP contribution < -0.4 is 26.0 Å². The second kappa shape index (κ2) is 7.57. The molecule has 0 spiro atoms. The smallest absolute Gasteiger partial charge is 0.332 e. The predicted molar refractivity (Wildman–Crippen MR) is 93.2 cm³/mol. The van der Waals surface area contributed by atoms with Crippen LogP contribution in [0.3, 0.4) is 0 Å². The van der Waals surface area contributed by atoms with Gasteiger partial charge in [0.2, 0.25) is 0 Å². The third-order valence-corrected chi connectivity index (χ3v) is 3.73. The monoisotopic (exact) mass is 344 g/mol. The molecule has 132 valence electrons. The Kier molecular flexibility index (Phi) is 5.49. The molecular weight excluding hydrogens is 324 g/mol. The minimum absolute atomic E-state index is 0.117. The second-order valence-corrected chi connectivity index (χ2v) is 5.50. The zero-order valence-corrected chi connectivity index (χ0v) is 14.6. The molecule has 0 radical (unpaired) electrons. The summed E-state index contributed by atoms with van der Waals surface area (Å²) in [6, 6.07) is 9.08. The molecule has 8 nitrogen and oxygen atoms in total. The summed E-state index contributed by atoms with van der Waals surface area (Å²) in [5.74, 6) is 1.36. The van der Waals surface area contributed by atoms with Gasteiger partial charge in [0.05, 0.1) is 13.7 Å². The Hall–Kier alpha value is -3.21. The molecule has 0 aliphatic rings. The van der Waals surface area contributed by atoms with E-state index in [1.54, 1.807) is 19.2 Å². The number of rotatable bonds is 6. The van der Waals surface area contributed by atoms with Crippen molar-refractivity contribution >= 4 is 5.82 Å². The molecule has 2 rings (SSSR count). The first-order chi connectivity index (χ1) is 11.9. The molecule has 0 saturated heterocycles. The molecule has 0 aliphatic carbocycles. The molecule has 1 atom stereocenters. The largest absolute Gasteiger partial charge is 0.493 e. The Morgan fingerprint density at radius 3 is 2.44 bits per heavy atom. The van der Waals surface area contributed by atoms with E-state index in [-0.39, 0.29) is 24.0 Å². The van der Waals surface area contributed by atoms with Crippen molar-refractivity contribution in [2.45, 2.75) is 13.0 Å². The van der Waals surface area contributed by atoms with Gasteiger partial charge in [-0.05, 0) is 19.1 Å². The summed E-state index contributed by atoms with van der Waals surface area (Å²) in [5, 5.41) is 12.2. The zero-order valence-electron chi connectivity index (χ0n) is 14.6. The first-order valence-electron chi connectivity index (χ1n) is 7.64. The molecule has 1 aromatic heterocycles. The summed E-state index contributed by atoms with van der Waals surface area (Å²) in [7, 11) is 4.39. The number of nitriles is 1. The number of benzene rings is 1. The zero-order chi connectivity index (χ0) is 18.6. The van der Waals surface area contributed by atoms with Gasteiger partial charge < -0.3 is 14.8 Å². The first-order valence-corrected chi connectivity index (χ1v) is 7.64. The lowest BCUT2D eigenvalue weighted by Crippen LogP contribution is -2.40. The highest BCUT2D eigenvalue weighted by Gasteiger charge is 2.16. The van der Waals surface area contributed by atoms with Gasteiger partial charge >= 0.3 is 5.69 Å². The van der Waals surface area contributed by atoms with Gasteiger partial charge in [0.25, 0.3) is 5.56 Å². The minimum Gasteiger partial charge on any atom is -0.493 e. The second-order valence-electron chi connectivity index (χ2n) is 5.50. The number of methoxy groups -OCH3 is 1. The van der Waals surface area contributed by atoms with Crippen molar-refractivity contribution in [3.63, 3.8) is 0 Å². The number of anilines is 1. The summed E-state index contributed by atoms with van der Waals surface area (Å²) in [5.41, 5.74) is -1.26. The van der Waals surface area contributed by atoms with Crippen LogP contribution in [0.15, 0.2) is 33.9 Å². The predicted octanol–water partition coefficient (Wildman–Crippen LogP) is 0.844. The SMILES string of the molecule is COc1ccccc1OC(C)CNc1c(C#N)c(=O)n(C)c(=O)n1C. The van der Waals surface area contributed by atoms with Gasteiger partial charge in [-0.3, -0.25) is 13.9 Å². The first kappa shape index (κ1) is 18.1. The van der Waals surface area contributed by atoms with E-state index >= 15 is 0 Å². The Balaban J connectivity index is 2.20. The Bertz CT molecular complexity index is 924. The molecule has 1 N–H and O–H groups in total. The fourth-order valence-electron chi connectivity index (χ4n) is 2.37. The van der Waals surface area contributed by atoms with Gasteiger partial charge in [-0.1, -0.05) is 12.1 Å². The van der Waals surface area contributed by atoms with Crippen molar-refractivity contribution in [2.24, 2.45) is 14.1 Å². The normalized spacial score (nSPS) is 11.5. The van der Waals surface area contributed by atoms with Crippen molar-refractivity contribution < 1.29 is 9.47 Å². The number of para-hydroxylation sites is 2. The maximum absolute atomic E-state index is 12.1. The lowest BCUT2D eigenvalue weighted by Gasteiger charge is -2.19. The molecule has 0 aliphatic heterocycles. The summed E-state index contributed by atoms with van der Waals surface area (Å²) < 4.78 is 13.2. The Labute approximate surface area is 144 Å². The van der Waals surface area contributed by atoms with Crippen molar-refractivity contribution in [3.05, 3.63) is 50.7 Å². The highest BCUT2D eigenvalue weighted by molar-refractivity contribution is 5.51. The number of nitrogens with zero attached hydrogens (tertiary/aromatic N) is 3. The molecule has 25 heavy (non-hydrogen) atoms. The van der Waals surface area contributed by atoms with E-state index in [9.17, 15) is 14.9 Å². The van der Waals surface area contributed by atoms with Gasteiger partial charge in [-0.2, -0.15) is 5.26 Å². The van der Waals surface area contributed by atoms with Gasteiger partial charge in [0, 0.05) is 14.1 Å². The van der Waals surface area contributed by atoms with Crippen molar-refractivity contribution in [3.8, 4) is 17.6 Å². The van der Waals surface area contributed by atoms with Gasteiger partial charge in [0.15, 0.2) is 17.1 Å². The van der Waals surface area contributed by atoms with Crippen LogP contribution in [0.4, 0.5) is 5.82 Å². The summed E-state index contributed by atoms with van der Waals surface area (Å²) >= 11 is 0. The maximum Gasteiger partial charge on any atom is 0.332 e. The molecule has 0 fully saturated rings. The number of nitrogens with one attached hydrogen (secondary N) is 1. The van der Waals surface area contributed by atoms with Gasteiger partial charge in [-0.25, -0.2) is 4.79 Å². The fraction of sp³-hybridized carbons (Fsp3) is 0.353. The van der Waals surface area contributed by atoms with Crippen molar-refractivity contribution in [1.82, 2.24) is 9.13 Å². The molecule has 2 aromatic rings. The van der Waals surface area contributed by atoms with Crippen LogP contribution in [0.5, 0.6) is 11.5 Å². The molecule has 0 bridgehead atoms. The van der Waals surface area contributed by atoms with Gasteiger partial charge in [0.1, 0.15) is 18.0 Å². The molecule has 8 heteroatoms. The van der Waals surface area contributed by atoms with Crippen molar-refractivity contribution in [1.29, 1.82) is 5.26 Å². The summed E-state index contributed by atoms with van der Waals surface area (Å²) in [6.45, 7) is 2.11. The number of ether oxygens (including phenoxy) is 2. The third kappa shape index (κ3) is 3.66. The molecule has 0 amide bonds. The summed E-state index contributed by atoms with van der Waals surface area (Å²) in [6.07, 6.45) is -0.304. The van der Waals surface area contributed by atoms with E-state index < -0.39 is 11.2 Å². The number of hydrogen-bond donors (Lipinski definition) is 1. The fourth-order valence-corrected chi connectivity index (χ4v) is 2.37. The molecule has 1 aromatic carbocycles. The van der Waals surface area contributed by atoms with Crippen LogP contribution >= 0.6 is 0 Å². The highest BCUT2D eigenvalue weighted by Crippen LogP contribution is 2.26. The maximum atomic E-state index is 12.1. The van der Waals surface area contributed by atoms with Crippen LogP contribution in [0, 0.1) is 11.3 Å². The average molecular weight is 344 g/mol. The Morgan fingerprint density at radius 2 is 1.84 bits per heavy atom. The molecule has 1 heterocycles. The van der Waals surface area contributed by atoms with Crippen LogP contribution in [0.1, 0.15) is 12.5 Å². The highest BCUT2D eigenvalue weighted by atomic mass is 16.5. The van der Waals surface area contributed by atoms with Crippen LogP contribution in [-0.2, 0) is 14.1 Å². The quantitative estimate of drug-likeness (QED) is 0.834. The average Bonchev–Trinajstić information content (AvgIpc) is 2.62. The minimum atomic E-state index is -0.633. The van der Waals surface area contributed by atoms with E-state index in [0.717, 1.165) is 4.57 Å². The van der Waals surface area contributed by atoms with E-state index in [1.165, 1.54) is 18.7 Å². The molecule has 1 unspecified atom stereocenters. The lowest BCUT2D eigenvalue weighted by molar-refractivity contribution is 0.223.